The largest absolute Gasteiger partial charge is 0.497 e. The summed E-state index contributed by atoms with van der Waals surface area (Å²) in [4.78, 5) is 13.2. The van der Waals surface area contributed by atoms with Crippen molar-refractivity contribution in [2.45, 2.75) is 50.9 Å². The van der Waals surface area contributed by atoms with Gasteiger partial charge in [-0.05, 0) is 53.5 Å². The molecule has 2 rings (SSSR count). The number of ether oxygens (including phenoxy) is 4. The first kappa shape index (κ1) is 25.7. The third-order valence-electron chi connectivity index (χ3n) is 6.17. The number of carbonyl (C=O) groups is 1. The van der Waals surface area contributed by atoms with Gasteiger partial charge in [-0.3, -0.25) is 4.79 Å². The third-order valence-corrected chi connectivity index (χ3v) is 10.6. The van der Waals surface area contributed by atoms with Crippen LogP contribution in [-0.4, -0.2) is 42.7 Å². The van der Waals surface area contributed by atoms with Gasteiger partial charge in [0, 0.05) is 0 Å². The van der Waals surface area contributed by atoms with Crippen molar-refractivity contribution in [3.8, 4) is 17.2 Å². The van der Waals surface area contributed by atoms with E-state index in [-0.39, 0.29) is 11.0 Å². The minimum absolute atomic E-state index is 0.0587. The summed E-state index contributed by atoms with van der Waals surface area (Å²) >= 11 is 0. The summed E-state index contributed by atoms with van der Waals surface area (Å²) in [6.45, 7) is 10.8. The highest BCUT2D eigenvalue weighted by Crippen LogP contribution is 2.46. The van der Waals surface area contributed by atoms with E-state index in [1.165, 1.54) is 7.11 Å². The van der Waals surface area contributed by atoms with Gasteiger partial charge >= 0.3 is 5.97 Å². The maximum absolute atomic E-state index is 13.2. The second kappa shape index (κ2) is 10.4. The van der Waals surface area contributed by atoms with Gasteiger partial charge in [0.1, 0.15) is 11.7 Å². The second-order valence-corrected chi connectivity index (χ2v) is 13.9. The van der Waals surface area contributed by atoms with E-state index < -0.39 is 20.3 Å². The fraction of sp³-hybridized carbons (Fsp3) is 0.480. The number of hydrogen-bond acceptors (Lipinski definition) is 6. The highest BCUT2D eigenvalue weighted by Gasteiger charge is 2.43. The zero-order valence-corrected chi connectivity index (χ0v) is 21.6. The van der Waals surface area contributed by atoms with Crippen LogP contribution in [0.4, 0.5) is 0 Å². The lowest BCUT2D eigenvalue weighted by atomic mass is 9.89. The number of hydrogen-bond donors (Lipinski definition) is 0. The molecule has 0 fully saturated rings. The number of carbonyl (C=O) groups excluding carboxylic acids is 1. The number of esters is 1. The van der Waals surface area contributed by atoms with E-state index in [0.717, 1.165) is 11.1 Å². The first-order valence-corrected chi connectivity index (χ1v) is 13.5. The summed E-state index contributed by atoms with van der Waals surface area (Å²) in [6, 6.07) is 13.1. The molecule has 0 bridgehead atoms. The van der Waals surface area contributed by atoms with Crippen LogP contribution in [0.25, 0.3) is 0 Å². The van der Waals surface area contributed by atoms with Gasteiger partial charge in [-0.1, -0.05) is 39.0 Å². The maximum Gasteiger partial charge on any atom is 0.316 e. The van der Waals surface area contributed by atoms with Gasteiger partial charge in [-0.2, -0.15) is 0 Å². The van der Waals surface area contributed by atoms with Crippen LogP contribution in [0.3, 0.4) is 0 Å². The van der Waals surface area contributed by atoms with Crippen molar-refractivity contribution in [2.24, 2.45) is 0 Å². The van der Waals surface area contributed by atoms with Gasteiger partial charge in [-0.15, -0.1) is 0 Å². The maximum atomic E-state index is 13.2. The molecule has 2 atom stereocenters. The molecule has 2 aromatic rings. The van der Waals surface area contributed by atoms with Crippen molar-refractivity contribution >= 4 is 14.3 Å². The molecule has 6 nitrogen and oxygen atoms in total. The Labute approximate surface area is 192 Å². The van der Waals surface area contributed by atoms with Crippen LogP contribution in [0.2, 0.25) is 18.1 Å². The monoisotopic (exact) mass is 460 g/mol. The van der Waals surface area contributed by atoms with Crippen LogP contribution in [0, 0.1) is 0 Å². The van der Waals surface area contributed by atoms with E-state index in [9.17, 15) is 4.79 Å². The Bertz CT molecular complexity index is 919. The Morgan fingerprint density at radius 1 is 0.844 bits per heavy atom. The van der Waals surface area contributed by atoms with Crippen molar-refractivity contribution < 1.29 is 28.2 Å². The van der Waals surface area contributed by atoms with Gasteiger partial charge in [0.05, 0.1) is 34.5 Å². The van der Waals surface area contributed by atoms with Crippen LogP contribution in [0.5, 0.6) is 17.2 Å². The van der Waals surface area contributed by atoms with Crippen molar-refractivity contribution in [2.75, 3.05) is 28.4 Å². The predicted molar refractivity (Wildman–Crippen MR) is 128 cm³/mol. The molecule has 7 heteroatoms. The molecule has 0 aromatic heterocycles. The van der Waals surface area contributed by atoms with Crippen molar-refractivity contribution in [3.05, 3.63) is 53.6 Å². The molecule has 0 aliphatic carbocycles. The topological polar surface area (TPSA) is 63.2 Å². The third kappa shape index (κ3) is 5.64. The first-order chi connectivity index (χ1) is 15.0. The molecule has 0 saturated carbocycles. The number of rotatable bonds is 9. The quantitative estimate of drug-likeness (QED) is 0.352. The van der Waals surface area contributed by atoms with Crippen LogP contribution < -0.4 is 14.2 Å². The Kier molecular flexibility index (Phi) is 8.37. The highest BCUT2D eigenvalue weighted by atomic mass is 28.4. The van der Waals surface area contributed by atoms with Crippen LogP contribution in [0.15, 0.2) is 42.5 Å². The standard InChI is InChI=1S/C25H36O6Si/c1-25(2,3)32(8,9)31-23(18-13-14-20(28-5)21(16-18)29-6)22(24(26)30-7)17-11-10-12-19(15-17)27-4/h10-16,22-23H,1-9H3/t22-,23?/m0/s1. The summed E-state index contributed by atoms with van der Waals surface area (Å²) in [5, 5.41) is -0.0587. The molecule has 0 aliphatic rings. The Balaban J connectivity index is 2.72. The molecule has 0 saturated heterocycles. The fourth-order valence-corrected chi connectivity index (χ4v) is 4.51. The molecule has 176 valence electrons. The molecule has 0 aliphatic heterocycles. The minimum Gasteiger partial charge on any atom is -0.497 e. The zero-order valence-electron chi connectivity index (χ0n) is 20.6. The van der Waals surface area contributed by atoms with E-state index >= 15 is 0 Å². The van der Waals surface area contributed by atoms with Crippen molar-refractivity contribution in [3.63, 3.8) is 0 Å². The molecule has 2 aromatic carbocycles. The van der Waals surface area contributed by atoms with Crippen LogP contribution in [0.1, 0.15) is 43.9 Å². The fourth-order valence-electron chi connectivity index (χ4n) is 3.25. The molecule has 0 N–H and O–H groups in total. The van der Waals surface area contributed by atoms with E-state index in [1.807, 2.05) is 42.5 Å². The first-order valence-electron chi connectivity index (χ1n) is 10.6. The number of methoxy groups -OCH3 is 4. The van der Waals surface area contributed by atoms with Crippen LogP contribution in [-0.2, 0) is 14.0 Å². The summed E-state index contributed by atoms with van der Waals surface area (Å²) in [5.74, 6) is 0.773. The van der Waals surface area contributed by atoms with Gasteiger partial charge in [-0.25, -0.2) is 0 Å². The normalized spacial score (nSPS) is 13.8. The molecular formula is C25H36O6Si. The lowest BCUT2D eigenvalue weighted by Crippen LogP contribution is -2.43. The Morgan fingerprint density at radius 3 is 2.03 bits per heavy atom. The lowest BCUT2D eigenvalue weighted by Gasteiger charge is -2.41. The lowest BCUT2D eigenvalue weighted by molar-refractivity contribution is -0.145. The van der Waals surface area contributed by atoms with Gasteiger partial charge in [0.25, 0.3) is 0 Å². The molecular weight excluding hydrogens is 424 g/mol. The van der Waals surface area contributed by atoms with E-state index in [2.05, 4.69) is 33.9 Å². The van der Waals surface area contributed by atoms with Gasteiger partial charge < -0.3 is 23.4 Å². The minimum atomic E-state index is -2.29. The van der Waals surface area contributed by atoms with Crippen molar-refractivity contribution in [1.29, 1.82) is 0 Å². The smallest absolute Gasteiger partial charge is 0.316 e. The Hall–Kier alpha value is -2.51. The van der Waals surface area contributed by atoms with E-state index in [1.54, 1.807) is 21.3 Å². The van der Waals surface area contributed by atoms with Crippen LogP contribution >= 0.6 is 0 Å². The molecule has 1 unspecified atom stereocenters. The highest BCUT2D eigenvalue weighted by molar-refractivity contribution is 6.74. The summed E-state index contributed by atoms with van der Waals surface area (Å²) in [5.41, 5.74) is 1.57. The Morgan fingerprint density at radius 2 is 1.50 bits per heavy atom. The average molecular weight is 461 g/mol. The predicted octanol–water partition coefficient (Wildman–Crippen LogP) is 5.73. The number of benzene rings is 2. The van der Waals surface area contributed by atoms with Gasteiger partial charge in [0.2, 0.25) is 0 Å². The molecule has 0 radical (unpaired) electrons. The molecule has 0 spiro atoms. The molecule has 0 heterocycles. The molecule has 0 amide bonds. The van der Waals surface area contributed by atoms with Crippen molar-refractivity contribution in [1.82, 2.24) is 0 Å². The summed E-state index contributed by atoms with van der Waals surface area (Å²) < 4.78 is 28.5. The summed E-state index contributed by atoms with van der Waals surface area (Å²) in [6.07, 6.45) is -0.588. The summed E-state index contributed by atoms with van der Waals surface area (Å²) in [7, 11) is 3.89. The van der Waals surface area contributed by atoms with Gasteiger partial charge in [0.15, 0.2) is 19.8 Å². The van der Waals surface area contributed by atoms with E-state index in [4.69, 9.17) is 23.4 Å². The second-order valence-electron chi connectivity index (χ2n) is 9.19. The average Bonchev–Trinajstić information content (AvgIpc) is 2.77. The zero-order chi connectivity index (χ0) is 24.1. The SMILES string of the molecule is COC(=O)[C@@H](c1cccc(OC)c1)C(O[Si](C)(C)C(C)(C)C)c1ccc(OC)c(OC)c1. The van der Waals surface area contributed by atoms with E-state index in [0.29, 0.717) is 17.2 Å². The molecule has 32 heavy (non-hydrogen) atoms.